The summed E-state index contributed by atoms with van der Waals surface area (Å²) in [7, 11) is 1.87. The van der Waals surface area contributed by atoms with Gasteiger partial charge < -0.3 is 0 Å². The van der Waals surface area contributed by atoms with Gasteiger partial charge in [0.1, 0.15) is 11.1 Å². The number of pyridine rings is 1. The van der Waals surface area contributed by atoms with Crippen LogP contribution in [0.5, 0.6) is 0 Å². The van der Waals surface area contributed by atoms with Crippen LogP contribution in [0.3, 0.4) is 0 Å². The molecule has 86 valence electrons. The number of hydrogen-bond donors (Lipinski definition) is 0. The van der Waals surface area contributed by atoms with E-state index >= 15 is 0 Å². The molecule has 17 heavy (non-hydrogen) atoms. The molecule has 0 spiro atoms. The molecule has 4 nitrogen and oxygen atoms in total. The average molecular weight is 244 g/mol. The van der Waals surface area contributed by atoms with Crippen molar-refractivity contribution >= 4 is 11.8 Å². The molecule has 0 saturated carbocycles. The number of hydrogen-bond acceptors (Lipinski definition) is 4. The van der Waals surface area contributed by atoms with Crippen molar-refractivity contribution in [3.05, 3.63) is 35.3 Å². The summed E-state index contributed by atoms with van der Waals surface area (Å²) in [5, 5.41) is 14.0. The minimum atomic E-state index is 0.643. The quantitative estimate of drug-likeness (QED) is 0.814. The first-order valence-electron chi connectivity index (χ1n) is 5.15. The predicted molar refractivity (Wildman–Crippen MR) is 65.8 cm³/mol. The van der Waals surface area contributed by atoms with Crippen LogP contribution in [0.4, 0.5) is 0 Å². The molecule has 5 heteroatoms. The largest absolute Gasteiger partial charge is 0.275 e. The van der Waals surface area contributed by atoms with Crippen molar-refractivity contribution in [2.24, 2.45) is 7.05 Å². The molecule has 0 N–H and O–H groups in total. The van der Waals surface area contributed by atoms with Crippen LogP contribution in [0, 0.1) is 25.2 Å². The van der Waals surface area contributed by atoms with Crippen molar-refractivity contribution in [1.29, 1.82) is 5.26 Å². The monoisotopic (exact) mass is 244 g/mol. The maximum Gasteiger partial charge on any atom is 0.119 e. The first-order chi connectivity index (χ1) is 8.10. The zero-order chi connectivity index (χ0) is 12.4. The van der Waals surface area contributed by atoms with Gasteiger partial charge >= 0.3 is 0 Å². The number of aryl methyl sites for hydroxylation is 3. The fourth-order valence-corrected chi connectivity index (χ4v) is 2.60. The first-order valence-corrected chi connectivity index (χ1v) is 5.96. The molecular weight excluding hydrogens is 232 g/mol. The molecule has 0 fully saturated rings. The Kier molecular flexibility index (Phi) is 3.16. The Morgan fingerprint density at radius 3 is 2.76 bits per heavy atom. The Balaban J connectivity index is 2.42. The molecule has 0 bridgehead atoms. The van der Waals surface area contributed by atoms with E-state index in [9.17, 15) is 0 Å². The van der Waals surface area contributed by atoms with Gasteiger partial charge in [-0.25, -0.2) is 4.98 Å². The van der Waals surface area contributed by atoms with Crippen molar-refractivity contribution in [2.75, 3.05) is 0 Å². The third-order valence-electron chi connectivity index (χ3n) is 2.32. The SMILES string of the molecule is Cc1cc(C)c(C#N)c(Sc2cnn(C)c2)n1. The number of nitriles is 1. The van der Waals surface area contributed by atoms with E-state index in [1.54, 1.807) is 10.9 Å². The smallest absolute Gasteiger partial charge is 0.119 e. The Labute approximate surface area is 104 Å². The second kappa shape index (κ2) is 4.60. The highest BCUT2D eigenvalue weighted by atomic mass is 32.2. The zero-order valence-electron chi connectivity index (χ0n) is 9.93. The zero-order valence-corrected chi connectivity index (χ0v) is 10.7. The Bertz CT molecular complexity index is 595. The molecule has 0 saturated heterocycles. The van der Waals surface area contributed by atoms with Crippen LogP contribution in [0.2, 0.25) is 0 Å². The van der Waals surface area contributed by atoms with Crippen LogP contribution in [-0.2, 0) is 7.05 Å². The third-order valence-corrected chi connectivity index (χ3v) is 3.25. The molecule has 2 rings (SSSR count). The molecular formula is C12H12N4S. The minimum Gasteiger partial charge on any atom is -0.275 e. The molecule has 0 aliphatic rings. The summed E-state index contributed by atoms with van der Waals surface area (Å²) in [5.74, 6) is 0. The van der Waals surface area contributed by atoms with Crippen LogP contribution in [0.1, 0.15) is 16.8 Å². The van der Waals surface area contributed by atoms with Crippen LogP contribution in [0.15, 0.2) is 28.4 Å². The molecule has 0 aliphatic heterocycles. The summed E-state index contributed by atoms with van der Waals surface area (Å²) in [5.41, 5.74) is 2.53. The summed E-state index contributed by atoms with van der Waals surface area (Å²) in [4.78, 5) is 5.40. The maximum absolute atomic E-state index is 9.15. The summed E-state index contributed by atoms with van der Waals surface area (Å²) < 4.78 is 1.73. The first kappa shape index (κ1) is 11.7. The molecule has 0 aromatic carbocycles. The molecule has 0 atom stereocenters. The van der Waals surface area contributed by atoms with Crippen molar-refractivity contribution in [3.8, 4) is 6.07 Å². The van der Waals surface area contributed by atoms with Gasteiger partial charge in [0.15, 0.2) is 0 Å². The molecule has 0 aliphatic carbocycles. The van der Waals surface area contributed by atoms with Crippen LogP contribution in [-0.4, -0.2) is 14.8 Å². The van der Waals surface area contributed by atoms with Crippen molar-refractivity contribution in [2.45, 2.75) is 23.8 Å². The molecule has 2 heterocycles. The number of rotatable bonds is 2. The Hall–Kier alpha value is -1.80. The van der Waals surface area contributed by atoms with E-state index in [4.69, 9.17) is 5.26 Å². The van der Waals surface area contributed by atoms with Gasteiger partial charge in [-0.05, 0) is 25.5 Å². The molecule has 2 aromatic heterocycles. The van der Waals surface area contributed by atoms with Crippen LogP contribution in [0.25, 0.3) is 0 Å². The topological polar surface area (TPSA) is 54.5 Å². The van der Waals surface area contributed by atoms with E-state index < -0.39 is 0 Å². The lowest BCUT2D eigenvalue weighted by Crippen LogP contribution is -1.93. The van der Waals surface area contributed by atoms with Gasteiger partial charge in [-0.1, -0.05) is 11.8 Å². The van der Waals surface area contributed by atoms with Gasteiger partial charge in [0.25, 0.3) is 0 Å². The molecule has 0 radical (unpaired) electrons. The molecule has 0 amide bonds. The van der Waals surface area contributed by atoms with Gasteiger partial charge in [0.05, 0.1) is 16.7 Å². The fraction of sp³-hybridized carbons (Fsp3) is 0.250. The highest BCUT2D eigenvalue weighted by molar-refractivity contribution is 7.99. The molecule has 2 aromatic rings. The minimum absolute atomic E-state index is 0.643. The van der Waals surface area contributed by atoms with Gasteiger partial charge in [-0.3, -0.25) is 4.68 Å². The van der Waals surface area contributed by atoms with Gasteiger partial charge in [0, 0.05) is 18.9 Å². The van der Waals surface area contributed by atoms with E-state index in [0.717, 1.165) is 21.2 Å². The van der Waals surface area contributed by atoms with E-state index in [-0.39, 0.29) is 0 Å². The van der Waals surface area contributed by atoms with Crippen LogP contribution < -0.4 is 0 Å². The van der Waals surface area contributed by atoms with Gasteiger partial charge in [-0.2, -0.15) is 10.4 Å². The maximum atomic E-state index is 9.15. The lowest BCUT2D eigenvalue weighted by atomic mass is 10.1. The Morgan fingerprint density at radius 1 is 1.41 bits per heavy atom. The van der Waals surface area contributed by atoms with Gasteiger partial charge in [-0.15, -0.1) is 0 Å². The third kappa shape index (κ3) is 2.48. The predicted octanol–water partition coefficient (Wildman–Crippen LogP) is 2.45. The standard InChI is InChI=1S/C12H12N4S/c1-8-4-9(2)15-12(11(8)5-13)17-10-6-14-16(3)7-10/h4,6-7H,1-3H3. The van der Waals surface area contributed by atoms with Gasteiger partial charge in [0.2, 0.25) is 0 Å². The highest BCUT2D eigenvalue weighted by Crippen LogP contribution is 2.29. The lowest BCUT2D eigenvalue weighted by molar-refractivity contribution is 0.766. The second-order valence-corrected chi connectivity index (χ2v) is 4.89. The van der Waals surface area contributed by atoms with Crippen molar-refractivity contribution in [1.82, 2.24) is 14.8 Å². The normalized spacial score (nSPS) is 10.2. The average Bonchev–Trinajstić information content (AvgIpc) is 2.63. The van der Waals surface area contributed by atoms with Crippen LogP contribution >= 0.6 is 11.8 Å². The van der Waals surface area contributed by atoms with Crippen molar-refractivity contribution < 1.29 is 0 Å². The fourth-order valence-electron chi connectivity index (χ4n) is 1.58. The van der Waals surface area contributed by atoms with E-state index in [0.29, 0.717) is 5.56 Å². The number of aromatic nitrogens is 3. The Morgan fingerprint density at radius 2 is 2.18 bits per heavy atom. The van der Waals surface area contributed by atoms with Crippen molar-refractivity contribution in [3.63, 3.8) is 0 Å². The number of nitrogens with zero attached hydrogens (tertiary/aromatic N) is 4. The summed E-state index contributed by atoms with van der Waals surface area (Å²) in [6.45, 7) is 3.86. The van der Waals surface area contributed by atoms with E-state index in [2.05, 4.69) is 16.2 Å². The molecule has 0 unspecified atom stereocenters. The highest BCUT2D eigenvalue weighted by Gasteiger charge is 2.10. The lowest BCUT2D eigenvalue weighted by Gasteiger charge is -2.05. The second-order valence-electron chi connectivity index (χ2n) is 3.82. The summed E-state index contributed by atoms with van der Waals surface area (Å²) in [6.07, 6.45) is 3.68. The summed E-state index contributed by atoms with van der Waals surface area (Å²) >= 11 is 1.47. The summed E-state index contributed by atoms with van der Waals surface area (Å²) in [6, 6.07) is 4.13. The van der Waals surface area contributed by atoms with E-state index in [1.165, 1.54) is 11.8 Å². The van der Waals surface area contributed by atoms with E-state index in [1.807, 2.05) is 33.2 Å².